The molecule has 1 aliphatic rings. The number of aliphatic hydroxyl groups is 1. The first-order chi connectivity index (χ1) is 18.9. The van der Waals surface area contributed by atoms with Crippen LogP contribution in [0.4, 0.5) is 0 Å². The molecule has 0 aromatic heterocycles. The van der Waals surface area contributed by atoms with E-state index in [1.807, 2.05) is 0 Å². The average Bonchev–Trinajstić information content (AvgIpc) is 2.92. The van der Waals surface area contributed by atoms with Crippen molar-refractivity contribution in [1.29, 1.82) is 0 Å². The van der Waals surface area contributed by atoms with Crippen molar-refractivity contribution in [3.8, 4) is 0 Å². The predicted molar refractivity (Wildman–Crippen MR) is 131 cm³/mol. The molecule has 1 heterocycles. The summed E-state index contributed by atoms with van der Waals surface area (Å²) < 4.78 is 0. The number of amides is 7. The van der Waals surface area contributed by atoms with Crippen LogP contribution in [0.5, 0.6) is 0 Å². The molecule has 1 saturated heterocycles. The van der Waals surface area contributed by atoms with Crippen LogP contribution in [-0.4, -0.2) is 129 Å². The summed E-state index contributed by atoms with van der Waals surface area (Å²) in [5.41, 5.74) is 0. The molecule has 4 atom stereocenters. The van der Waals surface area contributed by atoms with E-state index in [2.05, 4.69) is 21.3 Å². The zero-order valence-corrected chi connectivity index (χ0v) is 22.0. The van der Waals surface area contributed by atoms with E-state index in [0.29, 0.717) is 10.1 Å². The van der Waals surface area contributed by atoms with Crippen LogP contribution in [0.25, 0.3) is 0 Å². The predicted octanol–water partition coefficient (Wildman–Crippen LogP) is -3.79. The number of carbonyl (C=O) groups excluding carboxylic acids is 7. The first-order valence-electron chi connectivity index (χ1n) is 12.5. The number of piperazine rings is 1. The van der Waals surface area contributed by atoms with Gasteiger partial charge >= 0.3 is 0 Å². The minimum absolute atomic E-state index is 0.0137. The van der Waals surface area contributed by atoms with Crippen molar-refractivity contribution in [3.63, 3.8) is 0 Å². The van der Waals surface area contributed by atoms with Crippen molar-refractivity contribution >= 4 is 42.4 Å². The van der Waals surface area contributed by atoms with Gasteiger partial charge in [0.15, 0.2) is 0 Å². The summed E-state index contributed by atoms with van der Waals surface area (Å²) in [6, 6.07) is -4.50. The number of nitrogens with zero attached hydrogens (tertiary/aromatic N) is 3. The number of hydrogen-bond acceptors (Lipinski definition) is 11. The van der Waals surface area contributed by atoms with Crippen LogP contribution < -0.4 is 21.3 Å². The van der Waals surface area contributed by atoms with Crippen LogP contribution in [0.15, 0.2) is 0 Å². The SMILES string of the molecule is CC(=O)N[C@@H](CCCN(O)C=O)C(=O)N[C@@H](CO)C(=O)N(O)CCC[C@@H]1NC(=O)[C@@H](CCCN(O)C=O)NC1=O. The first-order valence-corrected chi connectivity index (χ1v) is 12.5. The summed E-state index contributed by atoms with van der Waals surface area (Å²) in [7, 11) is 0. The standard InChI is InChI=1S/C22H37N7O11/c1-14(33)23-15(5-2-8-27(38)12-31)19(34)26-18(11-30)22(37)29(40)10-4-7-17-21(36)24-16(20(35)25-17)6-3-9-28(39)13-32/h12-13,15-18,30,38-40H,2-11H2,1H3,(H,23,33)(H,24,36)(H,25,35)(H,26,34)/t15-,16+,17-,18-/m0/s1. The quantitative estimate of drug-likeness (QED) is 0.0421. The molecular weight excluding hydrogens is 538 g/mol. The highest BCUT2D eigenvalue weighted by Gasteiger charge is 2.33. The third-order valence-corrected chi connectivity index (χ3v) is 5.88. The maximum absolute atomic E-state index is 12.6. The van der Waals surface area contributed by atoms with Crippen LogP contribution in [0.1, 0.15) is 45.4 Å². The second-order valence-electron chi connectivity index (χ2n) is 9.04. The molecule has 0 aromatic carbocycles. The van der Waals surface area contributed by atoms with Gasteiger partial charge in [0.1, 0.15) is 24.2 Å². The molecular formula is C22H37N7O11. The Morgan fingerprint density at radius 2 is 1.35 bits per heavy atom. The van der Waals surface area contributed by atoms with E-state index < -0.39 is 60.3 Å². The van der Waals surface area contributed by atoms with Crippen LogP contribution in [0.3, 0.4) is 0 Å². The molecule has 0 bridgehead atoms. The van der Waals surface area contributed by atoms with Crippen LogP contribution in [0, 0.1) is 0 Å². The normalized spacial score (nSPS) is 17.9. The summed E-state index contributed by atoms with van der Waals surface area (Å²) in [6.07, 6.45) is 1.03. The smallest absolute Gasteiger partial charge is 0.270 e. The highest BCUT2D eigenvalue weighted by Crippen LogP contribution is 2.09. The average molecular weight is 576 g/mol. The van der Waals surface area contributed by atoms with E-state index in [-0.39, 0.29) is 76.0 Å². The molecule has 18 heteroatoms. The summed E-state index contributed by atoms with van der Waals surface area (Å²) in [6.45, 7) is -0.167. The zero-order valence-electron chi connectivity index (χ0n) is 22.0. The van der Waals surface area contributed by atoms with E-state index in [1.165, 1.54) is 0 Å². The Labute approximate surface area is 229 Å². The molecule has 7 amide bonds. The third kappa shape index (κ3) is 11.9. The van der Waals surface area contributed by atoms with E-state index in [9.17, 15) is 43.9 Å². The summed E-state index contributed by atoms with van der Waals surface area (Å²) in [5.74, 6) is -3.43. The highest BCUT2D eigenvalue weighted by atomic mass is 16.5. The Bertz CT molecular complexity index is 906. The Hall–Kier alpha value is -3.87. The lowest BCUT2D eigenvalue weighted by atomic mass is 10.0. The third-order valence-electron chi connectivity index (χ3n) is 5.88. The minimum atomic E-state index is -1.56. The molecule has 8 N–H and O–H groups in total. The van der Waals surface area contributed by atoms with Gasteiger partial charge in [-0.3, -0.25) is 49.2 Å². The van der Waals surface area contributed by atoms with Crippen LogP contribution >= 0.6 is 0 Å². The molecule has 18 nitrogen and oxygen atoms in total. The number of aliphatic hydroxyl groups excluding tert-OH is 1. The molecule has 0 aliphatic carbocycles. The molecule has 0 spiro atoms. The Morgan fingerprint density at radius 1 is 0.850 bits per heavy atom. The Kier molecular flexibility index (Phi) is 15.1. The lowest BCUT2D eigenvalue weighted by Gasteiger charge is -2.30. The molecule has 1 fully saturated rings. The van der Waals surface area contributed by atoms with Gasteiger partial charge in [0, 0.05) is 26.6 Å². The molecule has 0 radical (unpaired) electrons. The largest absolute Gasteiger partial charge is 0.394 e. The fourth-order valence-corrected chi connectivity index (χ4v) is 3.81. The highest BCUT2D eigenvalue weighted by molar-refractivity contribution is 5.97. The second-order valence-corrected chi connectivity index (χ2v) is 9.04. The fourth-order valence-electron chi connectivity index (χ4n) is 3.81. The van der Waals surface area contributed by atoms with Gasteiger partial charge in [0.25, 0.3) is 5.91 Å². The van der Waals surface area contributed by atoms with Crippen molar-refractivity contribution in [1.82, 2.24) is 36.5 Å². The number of rotatable bonds is 19. The van der Waals surface area contributed by atoms with Crippen molar-refractivity contribution in [2.45, 2.75) is 69.6 Å². The number of hydrogen-bond donors (Lipinski definition) is 8. The lowest BCUT2D eigenvalue weighted by molar-refractivity contribution is -0.170. The minimum Gasteiger partial charge on any atom is -0.394 e. The number of carbonyl (C=O) groups is 7. The van der Waals surface area contributed by atoms with E-state index in [4.69, 9.17) is 10.4 Å². The summed E-state index contributed by atoms with van der Waals surface area (Å²) >= 11 is 0. The molecule has 1 aliphatic heterocycles. The topological polar surface area (TPSA) is 258 Å². The van der Waals surface area contributed by atoms with Gasteiger partial charge in [-0.2, -0.15) is 0 Å². The molecule has 40 heavy (non-hydrogen) atoms. The van der Waals surface area contributed by atoms with Gasteiger partial charge in [0.2, 0.25) is 36.4 Å². The Balaban J connectivity index is 2.56. The van der Waals surface area contributed by atoms with E-state index in [0.717, 1.165) is 6.92 Å². The summed E-state index contributed by atoms with van der Waals surface area (Å²) in [4.78, 5) is 82.0. The van der Waals surface area contributed by atoms with Crippen LogP contribution in [0.2, 0.25) is 0 Å². The molecule has 0 saturated carbocycles. The molecule has 0 unspecified atom stereocenters. The number of hydroxylamine groups is 6. The number of nitrogens with one attached hydrogen (secondary N) is 4. The van der Waals surface area contributed by atoms with Crippen molar-refractivity contribution in [3.05, 3.63) is 0 Å². The lowest BCUT2D eigenvalue weighted by Crippen LogP contribution is -2.61. The van der Waals surface area contributed by atoms with Gasteiger partial charge in [-0.05, 0) is 38.5 Å². The van der Waals surface area contributed by atoms with Gasteiger partial charge in [0.05, 0.1) is 6.61 Å². The van der Waals surface area contributed by atoms with Gasteiger partial charge in [-0.25, -0.2) is 15.2 Å². The Morgan fingerprint density at radius 3 is 1.82 bits per heavy atom. The van der Waals surface area contributed by atoms with Crippen molar-refractivity contribution in [2.24, 2.45) is 0 Å². The van der Waals surface area contributed by atoms with Gasteiger partial charge < -0.3 is 26.4 Å². The summed E-state index contributed by atoms with van der Waals surface area (Å²) in [5, 5.41) is 48.7. The second kappa shape index (κ2) is 17.7. The van der Waals surface area contributed by atoms with E-state index >= 15 is 0 Å². The zero-order chi connectivity index (χ0) is 30.2. The van der Waals surface area contributed by atoms with Crippen LogP contribution in [-0.2, 0) is 33.6 Å². The maximum atomic E-state index is 12.6. The van der Waals surface area contributed by atoms with Crippen molar-refractivity contribution in [2.75, 3.05) is 26.2 Å². The van der Waals surface area contributed by atoms with Crippen molar-refractivity contribution < 1.29 is 54.3 Å². The first kappa shape index (κ1) is 34.2. The van der Waals surface area contributed by atoms with E-state index in [1.54, 1.807) is 0 Å². The fraction of sp³-hybridized carbons (Fsp3) is 0.682. The monoisotopic (exact) mass is 575 g/mol. The molecule has 0 aromatic rings. The molecule has 1 rings (SSSR count). The van der Waals surface area contributed by atoms with Gasteiger partial charge in [-0.1, -0.05) is 0 Å². The van der Waals surface area contributed by atoms with Gasteiger partial charge in [-0.15, -0.1) is 0 Å². The molecule has 226 valence electrons. The maximum Gasteiger partial charge on any atom is 0.270 e.